The molecule has 0 aromatic heterocycles. The Hall–Kier alpha value is -3.26. The van der Waals surface area contributed by atoms with E-state index in [4.69, 9.17) is 4.99 Å². The largest absolute Gasteiger partial charge is 0.416 e. The number of rotatable bonds is 4. The first kappa shape index (κ1) is 21.6. The van der Waals surface area contributed by atoms with E-state index >= 15 is 0 Å². The minimum absolute atomic E-state index is 0.0354. The molecular weight excluding hydrogens is 447 g/mol. The summed E-state index contributed by atoms with van der Waals surface area (Å²) in [6, 6.07) is 22.6. The lowest BCUT2D eigenvalue weighted by Gasteiger charge is -2.45. The molecule has 5 rings (SSSR count). The van der Waals surface area contributed by atoms with Crippen molar-refractivity contribution < 1.29 is 18.0 Å². The highest BCUT2D eigenvalue weighted by atomic mass is 32.2. The molecule has 2 aliphatic heterocycles. The summed E-state index contributed by atoms with van der Waals surface area (Å²) in [6.45, 7) is 0.428. The van der Waals surface area contributed by atoms with Crippen LogP contribution in [0.5, 0.6) is 0 Å². The number of nitrogens with zero attached hydrogens (tertiary/aromatic N) is 3. The Labute approximate surface area is 193 Å². The van der Waals surface area contributed by atoms with Gasteiger partial charge in [-0.05, 0) is 35.4 Å². The molecule has 4 nitrogen and oxygen atoms in total. The van der Waals surface area contributed by atoms with Crippen molar-refractivity contribution in [3.8, 4) is 0 Å². The van der Waals surface area contributed by atoms with Gasteiger partial charge in [0.25, 0.3) is 0 Å². The monoisotopic (exact) mass is 467 g/mol. The molecule has 2 heterocycles. The van der Waals surface area contributed by atoms with E-state index in [1.165, 1.54) is 11.1 Å². The van der Waals surface area contributed by atoms with Crippen LogP contribution in [0.4, 0.5) is 18.9 Å². The van der Waals surface area contributed by atoms with E-state index in [1.54, 1.807) is 17.8 Å². The number of carbonyl (C=O) groups is 1. The second-order valence-corrected chi connectivity index (χ2v) is 9.19. The minimum atomic E-state index is -4.44. The molecule has 168 valence electrons. The number of benzene rings is 3. The van der Waals surface area contributed by atoms with Crippen molar-refractivity contribution in [3.05, 3.63) is 95.6 Å². The number of hydrogen-bond donors (Lipinski definition) is 0. The highest BCUT2D eigenvalue weighted by Crippen LogP contribution is 2.42. The minimum Gasteiger partial charge on any atom is -0.273 e. The summed E-state index contributed by atoms with van der Waals surface area (Å²) in [4.78, 5) is 19.1. The van der Waals surface area contributed by atoms with Gasteiger partial charge in [0.15, 0.2) is 0 Å². The quantitative estimate of drug-likeness (QED) is 0.468. The predicted molar refractivity (Wildman–Crippen MR) is 122 cm³/mol. The van der Waals surface area contributed by atoms with Crippen LogP contribution in [0.2, 0.25) is 0 Å². The lowest BCUT2D eigenvalue weighted by molar-refractivity contribution is -0.147. The number of fused-ring (bicyclic) bond motifs is 2. The first-order valence-corrected chi connectivity index (χ1v) is 11.4. The normalized spacial score (nSPS) is 18.0. The molecule has 1 saturated heterocycles. The smallest absolute Gasteiger partial charge is 0.273 e. The summed E-state index contributed by atoms with van der Waals surface area (Å²) in [5.41, 5.74) is 1.50. The summed E-state index contributed by atoms with van der Waals surface area (Å²) >= 11 is 1.60. The fourth-order valence-corrected chi connectivity index (χ4v) is 5.25. The van der Waals surface area contributed by atoms with Crippen molar-refractivity contribution in [2.75, 3.05) is 0 Å². The number of thioether (sulfide) groups is 1. The zero-order valence-electron chi connectivity index (χ0n) is 17.5. The molecule has 1 fully saturated rings. The molecule has 2 aliphatic rings. The van der Waals surface area contributed by atoms with E-state index in [-0.39, 0.29) is 24.1 Å². The number of carbonyl (C=O) groups excluding carboxylic acids is 1. The van der Waals surface area contributed by atoms with Crippen molar-refractivity contribution in [2.45, 2.75) is 35.8 Å². The van der Waals surface area contributed by atoms with Gasteiger partial charge >= 0.3 is 6.18 Å². The van der Waals surface area contributed by atoms with Gasteiger partial charge in [0.2, 0.25) is 5.91 Å². The van der Waals surface area contributed by atoms with Gasteiger partial charge in [0.05, 0.1) is 29.6 Å². The SMILES string of the molecule is O=C1CC2Sc3ccccc3N=C2N(Cc2ccccc2)N1Cc1cccc(C(F)(F)F)c1. The van der Waals surface area contributed by atoms with Crippen LogP contribution < -0.4 is 0 Å². The molecule has 0 bridgehead atoms. The van der Waals surface area contributed by atoms with Gasteiger partial charge in [-0.25, -0.2) is 10.0 Å². The average Bonchev–Trinajstić information content (AvgIpc) is 2.80. The Morgan fingerprint density at radius 2 is 1.58 bits per heavy atom. The van der Waals surface area contributed by atoms with Gasteiger partial charge in [-0.1, -0.05) is 54.6 Å². The van der Waals surface area contributed by atoms with Crippen molar-refractivity contribution in [1.29, 1.82) is 0 Å². The van der Waals surface area contributed by atoms with Gasteiger partial charge in [-0.2, -0.15) is 13.2 Å². The Bertz CT molecular complexity index is 1210. The average molecular weight is 468 g/mol. The van der Waals surface area contributed by atoms with Crippen molar-refractivity contribution >= 4 is 29.2 Å². The topological polar surface area (TPSA) is 35.9 Å². The Kier molecular flexibility index (Phi) is 5.62. The first-order valence-electron chi connectivity index (χ1n) is 10.5. The van der Waals surface area contributed by atoms with Gasteiger partial charge in [0.1, 0.15) is 5.84 Å². The summed E-state index contributed by atoms with van der Waals surface area (Å²) in [5, 5.41) is 3.22. The molecule has 0 saturated carbocycles. The van der Waals surface area contributed by atoms with Crippen molar-refractivity contribution in [2.24, 2.45) is 4.99 Å². The number of amidine groups is 1. The predicted octanol–water partition coefficient (Wildman–Crippen LogP) is 6.06. The van der Waals surface area contributed by atoms with Crippen LogP contribution >= 0.6 is 11.8 Å². The summed E-state index contributed by atoms with van der Waals surface area (Å²) in [5.74, 6) is 0.605. The second-order valence-electron chi connectivity index (χ2n) is 7.94. The van der Waals surface area contributed by atoms with E-state index in [2.05, 4.69) is 0 Å². The standard InChI is InChI=1S/C25H20F3N3OS/c26-25(27,28)19-10-6-9-18(13-19)16-30-23(32)14-22-24(29-20-11-4-5-12-21(20)33-22)31(30)15-17-7-2-1-3-8-17/h1-13,22H,14-16H2. The summed E-state index contributed by atoms with van der Waals surface area (Å²) in [6.07, 6.45) is -4.20. The zero-order chi connectivity index (χ0) is 23.0. The molecule has 1 atom stereocenters. The number of alkyl halides is 3. The zero-order valence-corrected chi connectivity index (χ0v) is 18.3. The van der Waals surface area contributed by atoms with Gasteiger partial charge in [-0.15, -0.1) is 11.8 Å². The maximum absolute atomic E-state index is 13.2. The fourth-order valence-electron chi connectivity index (χ4n) is 4.04. The van der Waals surface area contributed by atoms with Crippen LogP contribution in [-0.4, -0.2) is 27.0 Å². The van der Waals surface area contributed by atoms with Crippen LogP contribution in [0.1, 0.15) is 23.1 Å². The van der Waals surface area contributed by atoms with E-state index in [0.29, 0.717) is 12.1 Å². The van der Waals surface area contributed by atoms with Crippen LogP contribution in [-0.2, 0) is 24.1 Å². The fraction of sp³-hybridized carbons (Fsp3) is 0.200. The number of hydrazine groups is 1. The maximum atomic E-state index is 13.2. The summed E-state index contributed by atoms with van der Waals surface area (Å²) < 4.78 is 39.7. The molecule has 0 aliphatic carbocycles. The Morgan fingerprint density at radius 1 is 0.879 bits per heavy atom. The van der Waals surface area contributed by atoms with Gasteiger partial charge in [0, 0.05) is 11.3 Å². The third-order valence-corrected chi connectivity index (χ3v) is 6.88. The van der Waals surface area contributed by atoms with E-state index in [1.807, 2.05) is 59.6 Å². The van der Waals surface area contributed by atoms with Gasteiger partial charge < -0.3 is 0 Å². The van der Waals surface area contributed by atoms with Gasteiger partial charge in [-0.3, -0.25) is 9.80 Å². The number of para-hydroxylation sites is 1. The van der Waals surface area contributed by atoms with Crippen molar-refractivity contribution in [1.82, 2.24) is 10.0 Å². The number of aliphatic imine (C=N–C) groups is 1. The second kappa shape index (κ2) is 8.59. The number of halogens is 3. The van der Waals surface area contributed by atoms with Crippen LogP contribution in [0.15, 0.2) is 88.8 Å². The van der Waals surface area contributed by atoms with Crippen LogP contribution in [0.3, 0.4) is 0 Å². The molecule has 3 aromatic carbocycles. The number of amides is 1. The maximum Gasteiger partial charge on any atom is 0.416 e. The highest BCUT2D eigenvalue weighted by Gasteiger charge is 2.40. The molecular formula is C25H20F3N3OS. The molecule has 33 heavy (non-hydrogen) atoms. The first-order chi connectivity index (χ1) is 15.9. The Morgan fingerprint density at radius 3 is 2.36 bits per heavy atom. The highest BCUT2D eigenvalue weighted by molar-refractivity contribution is 8.01. The van der Waals surface area contributed by atoms with Crippen LogP contribution in [0, 0.1) is 0 Å². The molecule has 1 unspecified atom stereocenters. The number of hydrogen-bond acceptors (Lipinski definition) is 4. The molecule has 3 aromatic rings. The molecule has 0 spiro atoms. The third kappa shape index (κ3) is 4.48. The van der Waals surface area contributed by atoms with E-state index < -0.39 is 11.7 Å². The van der Waals surface area contributed by atoms with E-state index in [9.17, 15) is 18.0 Å². The summed E-state index contributed by atoms with van der Waals surface area (Å²) in [7, 11) is 0. The lowest BCUT2D eigenvalue weighted by Crippen LogP contribution is -2.57. The van der Waals surface area contributed by atoms with Crippen molar-refractivity contribution in [3.63, 3.8) is 0 Å². The Balaban J connectivity index is 1.53. The molecule has 1 amide bonds. The lowest BCUT2D eigenvalue weighted by atomic mass is 10.1. The third-order valence-electron chi connectivity index (χ3n) is 5.62. The molecule has 0 radical (unpaired) electrons. The van der Waals surface area contributed by atoms with E-state index in [0.717, 1.165) is 34.1 Å². The molecule has 0 N–H and O–H groups in total. The molecule has 8 heteroatoms. The van der Waals surface area contributed by atoms with Crippen LogP contribution in [0.25, 0.3) is 0 Å².